The molecule has 0 saturated heterocycles. The Bertz CT molecular complexity index is 552. The van der Waals surface area contributed by atoms with Gasteiger partial charge in [-0.2, -0.15) is 0 Å². The Hall–Kier alpha value is -1.48. The number of carbonyl (C=O) groups is 1. The van der Waals surface area contributed by atoms with Gasteiger partial charge in [0.15, 0.2) is 0 Å². The Morgan fingerprint density at radius 3 is 2.89 bits per heavy atom. The second kappa shape index (κ2) is 5.44. The van der Waals surface area contributed by atoms with E-state index in [1.54, 1.807) is 0 Å². The number of carboxylic acid groups (broad SMARTS) is 1. The summed E-state index contributed by atoms with van der Waals surface area (Å²) in [5, 5.41) is 20.5. The first-order valence-corrected chi connectivity index (χ1v) is 6.84. The van der Waals surface area contributed by atoms with E-state index in [-0.39, 0.29) is 16.9 Å². The van der Waals surface area contributed by atoms with E-state index in [2.05, 4.69) is 19.8 Å². The summed E-state index contributed by atoms with van der Waals surface area (Å²) in [5.74, 6) is -0.496. The highest BCUT2D eigenvalue weighted by Gasteiger charge is 2.19. The number of nitrogens with zero attached hydrogens (tertiary/aromatic N) is 4. The Labute approximate surface area is 111 Å². The van der Waals surface area contributed by atoms with E-state index < -0.39 is 5.97 Å². The topological polar surface area (TPSA) is 102 Å². The highest BCUT2D eigenvalue weighted by atomic mass is 32.2. The van der Waals surface area contributed by atoms with Crippen LogP contribution in [0.4, 0.5) is 0 Å². The van der Waals surface area contributed by atoms with Crippen LogP contribution in [-0.4, -0.2) is 36.6 Å². The van der Waals surface area contributed by atoms with Gasteiger partial charge >= 0.3 is 5.97 Å². The van der Waals surface area contributed by atoms with Crippen molar-refractivity contribution in [3.63, 3.8) is 0 Å². The lowest BCUT2D eigenvalue weighted by atomic mass is 10.1. The molecular weight excluding hydrogens is 276 g/mol. The van der Waals surface area contributed by atoms with Crippen molar-refractivity contribution in [2.75, 3.05) is 5.75 Å². The summed E-state index contributed by atoms with van der Waals surface area (Å²) in [6.07, 6.45) is 0. The fourth-order valence-electron chi connectivity index (χ4n) is 1.21. The molecule has 2 aromatic heterocycles. The second-order valence-electron chi connectivity index (χ2n) is 3.70. The number of hydrogen-bond acceptors (Lipinski definition) is 8. The van der Waals surface area contributed by atoms with Crippen LogP contribution < -0.4 is 0 Å². The van der Waals surface area contributed by atoms with Crippen LogP contribution in [0.1, 0.15) is 25.5 Å². The zero-order valence-corrected chi connectivity index (χ0v) is 11.3. The molecule has 0 fully saturated rings. The lowest BCUT2D eigenvalue weighted by molar-refractivity contribution is -0.133. The van der Waals surface area contributed by atoms with Crippen molar-refractivity contribution in [1.82, 2.24) is 19.8 Å². The van der Waals surface area contributed by atoms with Crippen LogP contribution in [0.15, 0.2) is 9.64 Å². The van der Waals surface area contributed by atoms with Gasteiger partial charge in [0.25, 0.3) is 11.1 Å². The van der Waals surface area contributed by atoms with Gasteiger partial charge in [0.1, 0.15) is 10.6 Å². The highest BCUT2D eigenvalue weighted by Crippen LogP contribution is 2.31. The lowest BCUT2D eigenvalue weighted by Gasteiger charge is -1.99. The third-order valence-electron chi connectivity index (χ3n) is 1.98. The molecule has 1 N–H and O–H groups in total. The minimum Gasteiger partial charge on any atom is -0.481 e. The normalized spacial score (nSPS) is 11.1. The predicted octanol–water partition coefficient (Wildman–Crippen LogP) is 1.89. The van der Waals surface area contributed by atoms with E-state index >= 15 is 0 Å². The third kappa shape index (κ3) is 2.85. The maximum Gasteiger partial charge on any atom is 0.314 e. The van der Waals surface area contributed by atoms with E-state index in [1.807, 2.05) is 13.8 Å². The number of rotatable bonds is 5. The summed E-state index contributed by atoms with van der Waals surface area (Å²) in [6.45, 7) is 3.99. The number of thioether (sulfide) groups is 1. The fourth-order valence-corrected chi connectivity index (χ4v) is 2.43. The lowest BCUT2D eigenvalue weighted by Crippen LogP contribution is -1.97. The molecule has 0 saturated carbocycles. The Morgan fingerprint density at radius 1 is 1.44 bits per heavy atom. The van der Waals surface area contributed by atoms with Crippen LogP contribution in [0.2, 0.25) is 0 Å². The largest absolute Gasteiger partial charge is 0.481 e. The first kappa shape index (κ1) is 13.0. The van der Waals surface area contributed by atoms with E-state index in [0.717, 1.165) is 22.3 Å². The molecule has 18 heavy (non-hydrogen) atoms. The van der Waals surface area contributed by atoms with E-state index in [1.165, 1.54) is 11.5 Å². The van der Waals surface area contributed by atoms with Crippen LogP contribution in [-0.2, 0) is 4.79 Å². The maximum absolute atomic E-state index is 10.4. The standard InChI is InChI=1S/C9H10N4O3S2/c1-4(2)6-7(18-13-10-6)8-11-12-9(16-8)17-3-5(14)15/h4H,3H2,1-2H3,(H,14,15). The summed E-state index contributed by atoms with van der Waals surface area (Å²) in [7, 11) is 0. The van der Waals surface area contributed by atoms with E-state index in [0.29, 0.717) is 5.89 Å². The van der Waals surface area contributed by atoms with Gasteiger partial charge in [-0.05, 0) is 17.5 Å². The molecule has 2 heterocycles. The quantitative estimate of drug-likeness (QED) is 0.831. The molecule has 0 bridgehead atoms. The van der Waals surface area contributed by atoms with Crippen LogP contribution in [0.25, 0.3) is 10.8 Å². The molecule has 96 valence electrons. The van der Waals surface area contributed by atoms with E-state index in [4.69, 9.17) is 9.52 Å². The Morgan fingerprint density at radius 2 is 2.22 bits per heavy atom. The van der Waals surface area contributed by atoms with Crippen molar-refractivity contribution in [2.24, 2.45) is 0 Å². The van der Waals surface area contributed by atoms with Crippen LogP contribution >= 0.6 is 23.3 Å². The third-order valence-corrected chi connectivity index (χ3v) is 3.51. The molecule has 0 aliphatic rings. The molecule has 0 aliphatic carbocycles. The minimum absolute atomic E-state index is 0.111. The molecule has 2 aromatic rings. The summed E-state index contributed by atoms with van der Waals surface area (Å²) in [5.41, 5.74) is 0.804. The summed E-state index contributed by atoms with van der Waals surface area (Å²) < 4.78 is 9.24. The molecule has 0 radical (unpaired) electrons. The molecule has 7 nitrogen and oxygen atoms in total. The molecule has 0 amide bonds. The zero-order chi connectivity index (χ0) is 13.1. The van der Waals surface area contributed by atoms with Gasteiger partial charge in [-0.3, -0.25) is 4.79 Å². The van der Waals surface area contributed by atoms with Gasteiger partial charge in [0.05, 0.1) is 5.69 Å². The van der Waals surface area contributed by atoms with Crippen molar-refractivity contribution in [3.8, 4) is 10.8 Å². The van der Waals surface area contributed by atoms with Gasteiger partial charge in [-0.1, -0.05) is 30.1 Å². The first-order valence-electron chi connectivity index (χ1n) is 5.08. The van der Waals surface area contributed by atoms with Crippen LogP contribution in [0.3, 0.4) is 0 Å². The highest BCUT2D eigenvalue weighted by molar-refractivity contribution is 7.99. The number of carboxylic acids is 1. The monoisotopic (exact) mass is 286 g/mol. The Balaban J connectivity index is 2.19. The Kier molecular flexibility index (Phi) is 3.92. The molecule has 0 unspecified atom stereocenters. The van der Waals surface area contributed by atoms with Crippen molar-refractivity contribution < 1.29 is 14.3 Å². The first-order chi connectivity index (χ1) is 8.58. The second-order valence-corrected chi connectivity index (χ2v) is 5.38. The molecule has 0 aromatic carbocycles. The predicted molar refractivity (Wildman–Crippen MR) is 65.6 cm³/mol. The minimum atomic E-state index is -0.929. The smallest absolute Gasteiger partial charge is 0.314 e. The van der Waals surface area contributed by atoms with Crippen LogP contribution in [0, 0.1) is 0 Å². The van der Waals surface area contributed by atoms with Crippen molar-refractivity contribution in [2.45, 2.75) is 25.0 Å². The number of aliphatic carboxylic acids is 1. The maximum atomic E-state index is 10.4. The molecule has 0 atom stereocenters. The van der Waals surface area contributed by atoms with Gasteiger partial charge in [-0.25, -0.2) is 0 Å². The zero-order valence-electron chi connectivity index (χ0n) is 9.65. The average Bonchev–Trinajstić information content (AvgIpc) is 2.94. The van der Waals surface area contributed by atoms with E-state index in [9.17, 15) is 4.79 Å². The average molecular weight is 286 g/mol. The van der Waals surface area contributed by atoms with Crippen LogP contribution in [0.5, 0.6) is 0 Å². The molecule has 0 aliphatic heterocycles. The molecule has 2 rings (SSSR count). The van der Waals surface area contributed by atoms with Gasteiger partial charge in [-0.15, -0.1) is 15.3 Å². The summed E-state index contributed by atoms with van der Waals surface area (Å²) in [6, 6.07) is 0. The summed E-state index contributed by atoms with van der Waals surface area (Å²) >= 11 is 2.17. The number of hydrogen-bond donors (Lipinski definition) is 1. The van der Waals surface area contributed by atoms with Gasteiger partial charge < -0.3 is 9.52 Å². The van der Waals surface area contributed by atoms with Crippen molar-refractivity contribution >= 4 is 29.3 Å². The van der Waals surface area contributed by atoms with Gasteiger partial charge in [0.2, 0.25) is 0 Å². The SMILES string of the molecule is CC(C)c1nnsc1-c1nnc(SCC(=O)O)o1. The fraction of sp³-hybridized carbons (Fsp3) is 0.444. The van der Waals surface area contributed by atoms with Crippen molar-refractivity contribution in [1.29, 1.82) is 0 Å². The van der Waals surface area contributed by atoms with Crippen molar-refractivity contribution in [3.05, 3.63) is 5.69 Å². The number of aromatic nitrogens is 4. The summed E-state index contributed by atoms with van der Waals surface area (Å²) in [4.78, 5) is 11.2. The molecular formula is C9H10N4O3S2. The van der Waals surface area contributed by atoms with Gasteiger partial charge in [0, 0.05) is 0 Å². The molecule has 9 heteroatoms. The molecule has 0 spiro atoms.